The Hall–Kier alpha value is -1.78. The zero-order valence-electron chi connectivity index (χ0n) is 11.2. The highest BCUT2D eigenvalue weighted by molar-refractivity contribution is 6.31. The molecule has 1 aliphatic heterocycles. The fourth-order valence-corrected chi connectivity index (χ4v) is 2.94. The number of aryl methyl sites for hydroxylation is 1. The summed E-state index contributed by atoms with van der Waals surface area (Å²) >= 11 is 5.96. The summed E-state index contributed by atoms with van der Waals surface area (Å²) in [5.41, 5.74) is 8.69. The Labute approximate surface area is 122 Å². The molecule has 0 saturated heterocycles. The minimum atomic E-state index is -0.0676. The number of anilines is 1. The number of amides is 1. The van der Waals surface area contributed by atoms with Crippen molar-refractivity contribution in [1.29, 1.82) is 0 Å². The average Bonchev–Trinajstić information content (AvgIpc) is 2.76. The molecule has 2 N–H and O–H groups in total. The van der Waals surface area contributed by atoms with Crippen LogP contribution in [0.4, 0.5) is 5.69 Å². The van der Waals surface area contributed by atoms with Gasteiger partial charge in [0.15, 0.2) is 0 Å². The van der Waals surface area contributed by atoms with Crippen LogP contribution in [0.3, 0.4) is 0 Å². The Bertz CT molecular complexity index is 665. The lowest BCUT2D eigenvalue weighted by Gasteiger charge is -2.33. The maximum atomic E-state index is 12.7. The van der Waals surface area contributed by atoms with Crippen LogP contribution in [0.25, 0.3) is 0 Å². The first kappa shape index (κ1) is 13.2. The van der Waals surface area contributed by atoms with Gasteiger partial charge in [0.1, 0.15) is 5.69 Å². The maximum Gasteiger partial charge on any atom is 0.274 e. The molecule has 1 aromatic carbocycles. The summed E-state index contributed by atoms with van der Waals surface area (Å²) in [6.07, 6.45) is 2.53. The second-order valence-electron chi connectivity index (χ2n) is 5.16. The predicted molar refractivity (Wildman–Crippen MR) is 80.2 cm³/mol. The molecule has 5 heteroatoms. The van der Waals surface area contributed by atoms with Crippen molar-refractivity contribution in [1.82, 2.24) is 4.57 Å². The van der Waals surface area contributed by atoms with E-state index in [1.54, 1.807) is 21.7 Å². The first-order valence-electron chi connectivity index (χ1n) is 6.53. The van der Waals surface area contributed by atoms with Crippen LogP contribution >= 0.6 is 11.6 Å². The summed E-state index contributed by atoms with van der Waals surface area (Å²) in [5.74, 6) is -0.0676. The summed E-state index contributed by atoms with van der Waals surface area (Å²) in [4.78, 5) is 14.5. The van der Waals surface area contributed by atoms with Crippen LogP contribution in [-0.4, -0.2) is 23.1 Å². The molecule has 2 heterocycles. The van der Waals surface area contributed by atoms with E-state index in [0.717, 1.165) is 17.7 Å². The smallest absolute Gasteiger partial charge is 0.274 e. The van der Waals surface area contributed by atoms with Crippen molar-refractivity contribution in [3.8, 4) is 0 Å². The molecule has 104 valence electrons. The Kier molecular flexibility index (Phi) is 3.28. The van der Waals surface area contributed by atoms with Gasteiger partial charge in [0.25, 0.3) is 5.91 Å². The molecule has 1 amide bonds. The minimum Gasteiger partial charge on any atom is -0.345 e. The monoisotopic (exact) mass is 289 g/mol. The van der Waals surface area contributed by atoms with Crippen LogP contribution in [0.5, 0.6) is 0 Å². The number of para-hydroxylation sites is 1. The third kappa shape index (κ3) is 2.21. The molecule has 1 atom stereocenters. The maximum absolute atomic E-state index is 12.7. The molecule has 1 unspecified atom stereocenters. The van der Waals surface area contributed by atoms with Crippen molar-refractivity contribution in [2.45, 2.75) is 12.5 Å². The van der Waals surface area contributed by atoms with Gasteiger partial charge in [0, 0.05) is 31.5 Å². The summed E-state index contributed by atoms with van der Waals surface area (Å²) in [6, 6.07) is 9.54. The summed E-state index contributed by atoms with van der Waals surface area (Å²) < 4.78 is 1.74. The highest BCUT2D eigenvalue weighted by atomic mass is 35.5. The van der Waals surface area contributed by atoms with Gasteiger partial charge in [-0.05, 0) is 24.1 Å². The first-order valence-corrected chi connectivity index (χ1v) is 6.91. The molecule has 0 fully saturated rings. The van der Waals surface area contributed by atoms with E-state index in [2.05, 4.69) is 0 Å². The Morgan fingerprint density at radius 3 is 2.85 bits per heavy atom. The molecule has 1 aliphatic rings. The van der Waals surface area contributed by atoms with Gasteiger partial charge in [-0.3, -0.25) is 4.79 Å². The van der Waals surface area contributed by atoms with Gasteiger partial charge >= 0.3 is 0 Å². The molecule has 1 aromatic heterocycles. The molecule has 0 radical (unpaired) electrons. The molecule has 2 aromatic rings. The Morgan fingerprint density at radius 1 is 1.40 bits per heavy atom. The molecule has 0 spiro atoms. The van der Waals surface area contributed by atoms with Gasteiger partial charge in [0.05, 0.1) is 5.02 Å². The third-order valence-electron chi connectivity index (χ3n) is 3.62. The van der Waals surface area contributed by atoms with Crippen molar-refractivity contribution in [2.24, 2.45) is 12.8 Å². The number of carbonyl (C=O) groups excluding carboxylic acids is 1. The Balaban J connectivity index is 2.02. The number of rotatable bonds is 1. The average molecular weight is 290 g/mol. The fraction of sp³-hybridized carbons (Fsp3) is 0.267. The van der Waals surface area contributed by atoms with E-state index in [0.29, 0.717) is 17.3 Å². The Morgan fingerprint density at radius 2 is 2.15 bits per heavy atom. The van der Waals surface area contributed by atoms with E-state index in [9.17, 15) is 4.79 Å². The van der Waals surface area contributed by atoms with Crippen LogP contribution in [0.15, 0.2) is 36.5 Å². The van der Waals surface area contributed by atoms with Crippen molar-refractivity contribution in [3.05, 3.63) is 52.8 Å². The van der Waals surface area contributed by atoms with Gasteiger partial charge < -0.3 is 15.2 Å². The van der Waals surface area contributed by atoms with Gasteiger partial charge in [-0.25, -0.2) is 0 Å². The van der Waals surface area contributed by atoms with Gasteiger partial charge in [0.2, 0.25) is 0 Å². The normalized spacial score (nSPS) is 17.9. The highest BCUT2D eigenvalue weighted by Gasteiger charge is 2.28. The third-order valence-corrected chi connectivity index (χ3v) is 3.82. The molecular weight excluding hydrogens is 274 g/mol. The lowest BCUT2D eigenvalue weighted by Crippen LogP contribution is -2.46. The highest BCUT2D eigenvalue weighted by Crippen LogP contribution is 2.28. The second-order valence-corrected chi connectivity index (χ2v) is 5.60. The van der Waals surface area contributed by atoms with Crippen LogP contribution in [0.2, 0.25) is 5.02 Å². The number of halogens is 1. The number of benzene rings is 1. The zero-order valence-corrected chi connectivity index (χ0v) is 12.0. The lowest BCUT2D eigenvalue weighted by molar-refractivity contribution is 0.0975. The topological polar surface area (TPSA) is 51.3 Å². The largest absolute Gasteiger partial charge is 0.345 e. The summed E-state index contributed by atoms with van der Waals surface area (Å²) in [5, 5.41) is 0.561. The standard InChI is InChI=1S/C15H16ClN3O/c1-18-8-11(16)7-14(18)15(20)19-9-12(17)6-10-4-2-3-5-13(10)19/h2-5,7-8,12H,6,9,17H2,1H3. The number of nitrogens with two attached hydrogens (primary N) is 1. The van der Waals surface area contributed by atoms with Crippen LogP contribution in [0.1, 0.15) is 16.1 Å². The minimum absolute atomic E-state index is 0.0374. The predicted octanol–water partition coefficient (Wildman–Crippen LogP) is 2.21. The molecular formula is C15H16ClN3O. The summed E-state index contributed by atoms with van der Waals surface area (Å²) in [6.45, 7) is 0.526. The summed E-state index contributed by atoms with van der Waals surface area (Å²) in [7, 11) is 1.81. The van der Waals surface area contributed by atoms with E-state index in [-0.39, 0.29) is 11.9 Å². The van der Waals surface area contributed by atoms with Crippen molar-refractivity contribution in [2.75, 3.05) is 11.4 Å². The van der Waals surface area contributed by atoms with Gasteiger partial charge in [-0.1, -0.05) is 29.8 Å². The van der Waals surface area contributed by atoms with Crippen molar-refractivity contribution < 1.29 is 4.79 Å². The number of nitrogens with zero attached hydrogens (tertiary/aromatic N) is 2. The van der Waals surface area contributed by atoms with E-state index in [1.165, 1.54) is 0 Å². The van der Waals surface area contributed by atoms with E-state index < -0.39 is 0 Å². The second kappa shape index (κ2) is 4.96. The van der Waals surface area contributed by atoms with Crippen LogP contribution in [-0.2, 0) is 13.5 Å². The fourth-order valence-electron chi connectivity index (χ4n) is 2.69. The number of aromatic nitrogens is 1. The van der Waals surface area contributed by atoms with Crippen LogP contribution in [0, 0.1) is 0 Å². The molecule has 20 heavy (non-hydrogen) atoms. The SMILES string of the molecule is Cn1cc(Cl)cc1C(=O)N1CC(N)Cc2ccccc21. The molecule has 0 aliphatic carbocycles. The number of hydrogen-bond acceptors (Lipinski definition) is 2. The number of carbonyl (C=O) groups is 1. The molecule has 0 saturated carbocycles. The first-order chi connectivity index (χ1) is 9.56. The van der Waals surface area contributed by atoms with Crippen molar-refractivity contribution in [3.63, 3.8) is 0 Å². The van der Waals surface area contributed by atoms with Gasteiger partial charge in [-0.15, -0.1) is 0 Å². The molecule has 4 nitrogen and oxygen atoms in total. The molecule has 0 bridgehead atoms. The molecule has 3 rings (SSSR count). The van der Waals surface area contributed by atoms with E-state index in [1.807, 2.05) is 31.3 Å². The van der Waals surface area contributed by atoms with E-state index >= 15 is 0 Å². The van der Waals surface area contributed by atoms with Gasteiger partial charge in [-0.2, -0.15) is 0 Å². The van der Waals surface area contributed by atoms with Crippen LogP contribution < -0.4 is 10.6 Å². The quantitative estimate of drug-likeness (QED) is 0.875. The van der Waals surface area contributed by atoms with E-state index in [4.69, 9.17) is 17.3 Å². The number of fused-ring (bicyclic) bond motifs is 1. The zero-order chi connectivity index (χ0) is 14.3. The van der Waals surface area contributed by atoms with Crippen molar-refractivity contribution >= 4 is 23.2 Å². The number of hydrogen-bond donors (Lipinski definition) is 1. The lowest BCUT2D eigenvalue weighted by atomic mass is 9.98.